The molecule has 4 heteroatoms. The van der Waals surface area contributed by atoms with Crippen LogP contribution in [0.3, 0.4) is 0 Å². The molecule has 1 aliphatic rings. The predicted molar refractivity (Wildman–Crippen MR) is 105 cm³/mol. The first-order chi connectivity index (χ1) is 12.1. The number of hydrogen-bond donors (Lipinski definition) is 1. The number of nitrogens with zero attached hydrogens (tertiary/aromatic N) is 2. The van der Waals surface area contributed by atoms with Crippen LogP contribution >= 0.6 is 0 Å². The second-order valence-electron chi connectivity index (χ2n) is 6.63. The van der Waals surface area contributed by atoms with Crippen molar-refractivity contribution >= 4 is 17.4 Å². The van der Waals surface area contributed by atoms with Gasteiger partial charge in [0.2, 0.25) is 0 Å². The lowest BCUT2D eigenvalue weighted by Gasteiger charge is -2.37. The van der Waals surface area contributed by atoms with Gasteiger partial charge in [-0.1, -0.05) is 37.3 Å². The van der Waals surface area contributed by atoms with E-state index in [0.717, 1.165) is 43.9 Å². The van der Waals surface area contributed by atoms with Crippen molar-refractivity contribution in [3.63, 3.8) is 0 Å². The topological polar surface area (TPSA) is 35.6 Å². The number of carbonyl (C=O) groups is 1. The molecule has 0 radical (unpaired) electrons. The lowest BCUT2D eigenvalue weighted by atomic mass is 10.1. The highest BCUT2D eigenvalue weighted by atomic mass is 16.2. The fourth-order valence-corrected chi connectivity index (χ4v) is 3.35. The molecule has 132 valence electrons. The van der Waals surface area contributed by atoms with Crippen molar-refractivity contribution in [3.8, 4) is 0 Å². The van der Waals surface area contributed by atoms with E-state index in [1.165, 1.54) is 16.8 Å². The van der Waals surface area contributed by atoms with Gasteiger partial charge < -0.3 is 15.1 Å². The summed E-state index contributed by atoms with van der Waals surface area (Å²) >= 11 is 0. The molecule has 0 saturated carbocycles. The van der Waals surface area contributed by atoms with Crippen LogP contribution in [0.15, 0.2) is 42.5 Å². The number of benzene rings is 2. The van der Waals surface area contributed by atoms with Crippen LogP contribution in [0.1, 0.15) is 23.6 Å². The molecule has 1 N–H and O–H groups in total. The van der Waals surface area contributed by atoms with Gasteiger partial charge in [0.05, 0.1) is 0 Å². The van der Waals surface area contributed by atoms with Crippen molar-refractivity contribution in [1.29, 1.82) is 0 Å². The van der Waals surface area contributed by atoms with Crippen molar-refractivity contribution < 1.29 is 4.79 Å². The lowest BCUT2D eigenvalue weighted by Crippen LogP contribution is -2.50. The van der Waals surface area contributed by atoms with Crippen LogP contribution in [0.4, 0.5) is 16.2 Å². The first-order valence-corrected chi connectivity index (χ1v) is 9.05. The van der Waals surface area contributed by atoms with Crippen molar-refractivity contribution in [1.82, 2.24) is 4.90 Å². The summed E-state index contributed by atoms with van der Waals surface area (Å²) in [5.74, 6) is 0. The van der Waals surface area contributed by atoms with Gasteiger partial charge in [0.15, 0.2) is 0 Å². The summed E-state index contributed by atoms with van der Waals surface area (Å²) in [6.45, 7) is 9.53. The second-order valence-corrected chi connectivity index (χ2v) is 6.63. The van der Waals surface area contributed by atoms with Crippen molar-refractivity contribution in [2.45, 2.75) is 27.2 Å². The number of urea groups is 1. The van der Waals surface area contributed by atoms with Crippen molar-refractivity contribution in [2.24, 2.45) is 0 Å². The number of piperazine rings is 1. The number of amides is 2. The van der Waals surface area contributed by atoms with E-state index in [4.69, 9.17) is 0 Å². The van der Waals surface area contributed by atoms with E-state index in [-0.39, 0.29) is 6.03 Å². The zero-order valence-electron chi connectivity index (χ0n) is 15.4. The first-order valence-electron chi connectivity index (χ1n) is 9.05. The van der Waals surface area contributed by atoms with Gasteiger partial charge in [-0.05, 0) is 49.1 Å². The van der Waals surface area contributed by atoms with Crippen LogP contribution < -0.4 is 10.2 Å². The van der Waals surface area contributed by atoms with E-state index in [1.807, 2.05) is 24.0 Å². The zero-order chi connectivity index (χ0) is 17.8. The molecule has 2 aromatic rings. The largest absolute Gasteiger partial charge is 0.368 e. The Morgan fingerprint density at radius 2 is 1.72 bits per heavy atom. The molecule has 25 heavy (non-hydrogen) atoms. The van der Waals surface area contributed by atoms with Crippen LogP contribution in [-0.4, -0.2) is 37.1 Å². The summed E-state index contributed by atoms with van der Waals surface area (Å²) in [5.41, 5.74) is 5.91. The van der Waals surface area contributed by atoms with Crippen LogP contribution in [0, 0.1) is 13.8 Å². The zero-order valence-corrected chi connectivity index (χ0v) is 15.4. The monoisotopic (exact) mass is 337 g/mol. The van der Waals surface area contributed by atoms with Gasteiger partial charge >= 0.3 is 6.03 Å². The molecule has 0 spiro atoms. The summed E-state index contributed by atoms with van der Waals surface area (Å²) in [5, 5.41) is 3.07. The van der Waals surface area contributed by atoms with E-state index in [9.17, 15) is 4.79 Å². The summed E-state index contributed by atoms with van der Waals surface area (Å²) in [7, 11) is 0. The van der Waals surface area contributed by atoms with Crippen LogP contribution in [0.5, 0.6) is 0 Å². The third kappa shape index (κ3) is 3.78. The minimum absolute atomic E-state index is 0.00266. The van der Waals surface area contributed by atoms with Crippen LogP contribution in [-0.2, 0) is 6.42 Å². The highest BCUT2D eigenvalue weighted by molar-refractivity contribution is 5.90. The summed E-state index contributed by atoms with van der Waals surface area (Å²) < 4.78 is 0. The van der Waals surface area contributed by atoms with Gasteiger partial charge in [0.25, 0.3) is 0 Å². The molecule has 1 fully saturated rings. The molecular weight excluding hydrogens is 310 g/mol. The third-order valence-electron chi connectivity index (χ3n) is 5.13. The Hall–Kier alpha value is -2.49. The van der Waals surface area contributed by atoms with Gasteiger partial charge in [0.1, 0.15) is 0 Å². The Labute approximate surface area is 150 Å². The first kappa shape index (κ1) is 17.3. The highest BCUT2D eigenvalue weighted by Crippen LogP contribution is 2.23. The van der Waals surface area contributed by atoms with Crippen LogP contribution in [0.2, 0.25) is 0 Å². The SMILES string of the molecule is CCc1ccccc1N1CCN(C(=O)Nc2cccc(C)c2C)CC1. The summed E-state index contributed by atoms with van der Waals surface area (Å²) in [6.07, 6.45) is 1.03. The van der Waals surface area contributed by atoms with E-state index in [1.54, 1.807) is 0 Å². The molecule has 0 unspecified atom stereocenters. The van der Waals surface area contributed by atoms with Crippen molar-refractivity contribution in [2.75, 3.05) is 36.4 Å². The third-order valence-corrected chi connectivity index (χ3v) is 5.13. The molecule has 2 amide bonds. The number of aryl methyl sites for hydroxylation is 2. The number of rotatable bonds is 3. The molecule has 0 bridgehead atoms. The minimum atomic E-state index is -0.00266. The highest BCUT2D eigenvalue weighted by Gasteiger charge is 2.22. The van der Waals surface area contributed by atoms with E-state index >= 15 is 0 Å². The Morgan fingerprint density at radius 1 is 1.00 bits per heavy atom. The standard InChI is InChI=1S/C21H27N3O/c1-4-18-9-5-6-11-20(18)23-12-14-24(15-13-23)21(25)22-19-10-7-8-16(2)17(19)3/h5-11H,4,12-15H2,1-3H3,(H,22,25). The number of carbonyl (C=O) groups excluding carboxylic acids is 1. The van der Waals surface area contributed by atoms with Gasteiger partial charge in [-0.15, -0.1) is 0 Å². The molecule has 2 aromatic carbocycles. The summed E-state index contributed by atoms with van der Waals surface area (Å²) in [4.78, 5) is 16.9. The second kappa shape index (κ2) is 7.60. The average Bonchev–Trinajstić information content (AvgIpc) is 2.65. The minimum Gasteiger partial charge on any atom is -0.368 e. The van der Waals surface area contributed by atoms with Gasteiger partial charge in [0, 0.05) is 37.6 Å². The fourth-order valence-electron chi connectivity index (χ4n) is 3.35. The normalized spacial score (nSPS) is 14.5. The maximum Gasteiger partial charge on any atom is 0.321 e. The molecule has 1 heterocycles. The fraction of sp³-hybridized carbons (Fsp3) is 0.381. The molecule has 1 aliphatic heterocycles. The maximum absolute atomic E-state index is 12.6. The summed E-state index contributed by atoms with van der Waals surface area (Å²) in [6, 6.07) is 14.6. The molecular formula is C21H27N3O. The molecule has 0 aliphatic carbocycles. The number of anilines is 2. The Kier molecular flexibility index (Phi) is 5.27. The number of para-hydroxylation sites is 1. The van der Waals surface area contributed by atoms with Gasteiger partial charge in [-0.3, -0.25) is 0 Å². The molecule has 0 aromatic heterocycles. The van der Waals surface area contributed by atoms with Crippen molar-refractivity contribution in [3.05, 3.63) is 59.2 Å². The van der Waals surface area contributed by atoms with Crippen LogP contribution in [0.25, 0.3) is 0 Å². The molecule has 4 nitrogen and oxygen atoms in total. The lowest BCUT2D eigenvalue weighted by molar-refractivity contribution is 0.208. The van der Waals surface area contributed by atoms with E-state index in [0.29, 0.717) is 0 Å². The predicted octanol–water partition coefficient (Wildman–Crippen LogP) is 4.22. The Bertz CT molecular complexity index is 749. The smallest absolute Gasteiger partial charge is 0.321 e. The van der Waals surface area contributed by atoms with Gasteiger partial charge in [-0.25, -0.2) is 4.79 Å². The molecule has 0 atom stereocenters. The quantitative estimate of drug-likeness (QED) is 0.910. The van der Waals surface area contributed by atoms with E-state index in [2.05, 4.69) is 54.4 Å². The van der Waals surface area contributed by atoms with E-state index < -0.39 is 0 Å². The van der Waals surface area contributed by atoms with Gasteiger partial charge in [-0.2, -0.15) is 0 Å². The molecule has 1 saturated heterocycles. The maximum atomic E-state index is 12.6. The number of nitrogens with one attached hydrogen (secondary N) is 1. The Morgan fingerprint density at radius 3 is 2.44 bits per heavy atom. The molecule has 3 rings (SSSR count). The Balaban J connectivity index is 1.62. The number of hydrogen-bond acceptors (Lipinski definition) is 2. The average molecular weight is 337 g/mol.